The fourth-order valence-electron chi connectivity index (χ4n) is 3.46. The molecule has 0 aliphatic carbocycles. The number of piperidine rings is 1. The van der Waals surface area contributed by atoms with Gasteiger partial charge in [0.25, 0.3) is 0 Å². The van der Waals surface area contributed by atoms with Crippen molar-refractivity contribution in [2.75, 3.05) is 13.1 Å². The highest BCUT2D eigenvalue weighted by Gasteiger charge is 2.31. The molecule has 0 saturated carbocycles. The summed E-state index contributed by atoms with van der Waals surface area (Å²) in [7, 11) is 0. The SMILES string of the molecule is Cc1ccc(C(c2ccc(Cl)cc2Cl)N2CCC(C(=O)O)CC2)cc1. The normalized spacial score (nSPS) is 17.4. The Balaban J connectivity index is 1.95. The van der Waals surface area contributed by atoms with Crippen molar-refractivity contribution in [3.8, 4) is 0 Å². The molecule has 3 rings (SSSR count). The second-order valence-corrected chi connectivity index (χ2v) is 7.47. The molecule has 0 aromatic heterocycles. The van der Waals surface area contributed by atoms with Gasteiger partial charge >= 0.3 is 5.97 Å². The number of hydrogen-bond acceptors (Lipinski definition) is 2. The molecule has 0 bridgehead atoms. The van der Waals surface area contributed by atoms with Gasteiger partial charge in [-0.15, -0.1) is 0 Å². The van der Waals surface area contributed by atoms with E-state index in [1.54, 1.807) is 6.07 Å². The Labute approximate surface area is 158 Å². The lowest BCUT2D eigenvalue weighted by Gasteiger charge is -2.37. The van der Waals surface area contributed by atoms with Crippen LogP contribution in [0.25, 0.3) is 0 Å². The van der Waals surface area contributed by atoms with Crippen molar-refractivity contribution in [2.24, 2.45) is 5.92 Å². The zero-order chi connectivity index (χ0) is 18.0. The number of halogens is 2. The summed E-state index contributed by atoms with van der Waals surface area (Å²) in [6.45, 7) is 3.52. The van der Waals surface area contributed by atoms with Gasteiger partial charge in [0, 0.05) is 10.0 Å². The minimum absolute atomic E-state index is 0.000103. The van der Waals surface area contributed by atoms with Gasteiger partial charge in [0.15, 0.2) is 0 Å². The Morgan fingerprint density at radius 2 is 1.76 bits per heavy atom. The van der Waals surface area contributed by atoms with E-state index in [-0.39, 0.29) is 12.0 Å². The second kappa shape index (κ2) is 7.77. The van der Waals surface area contributed by atoms with Crippen LogP contribution in [0.1, 0.15) is 35.6 Å². The summed E-state index contributed by atoms with van der Waals surface area (Å²) in [6.07, 6.45) is 1.31. The first-order valence-electron chi connectivity index (χ1n) is 8.44. The van der Waals surface area contributed by atoms with E-state index >= 15 is 0 Å². The van der Waals surface area contributed by atoms with E-state index in [9.17, 15) is 9.90 Å². The number of rotatable bonds is 4. The molecule has 132 valence electrons. The molecule has 2 aromatic carbocycles. The maximum atomic E-state index is 11.2. The third kappa shape index (κ3) is 4.17. The maximum absolute atomic E-state index is 11.2. The molecule has 1 aliphatic rings. The van der Waals surface area contributed by atoms with Crippen LogP contribution in [0.4, 0.5) is 0 Å². The molecule has 2 aromatic rings. The lowest BCUT2D eigenvalue weighted by Crippen LogP contribution is -2.39. The summed E-state index contributed by atoms with van der Waals surface area (Å²) >= 11 is 12.6. The number of carboxylic acid groups (broad SMARTS) is 1. The van der Waals surface area contributed by atoms with Crippen LogP contribution in [-0.2, 0) is 4.79 Å². The van der Waals surface area contributed by atoms with Crippen LogP contribution in [0.3, 0.4) is 0 Å². The zero-order valence-corrected chi connectivity index (χ0v) is 15.6. The lowest BCUT2D eigenvalue weighted by atomic mass is 9.91. The average molecular weight is 378 g/mol. The highest BCUT2D eigenvalue weighted by atomic mass is 35.5. The molecule has 1 heterocycles. The van der Waals surface area contributed by atoms with E-state index in [0.29, 0.717) is 22.9 Å². The van der Waals surface area contributed by atoms with E-state index < -0.39 is 5.97 Å². The van der Waals surface area contributed by atoms with Crippen LogP contribution in [0.5, 0.6) is 0 Å². The lowest BCUT2D eigenvalue weighted by molar-refractivity contribution is -0.143. The summed E-state index contributed by atoms with van der Waals surface area (Å²) < 4.78 is 0. The van der Waals surface area contributed by atoms with Crippen LogP contribution in [0, 0.1) is 12.8 Å². The molecule has 1 atom stereocenters. The third-order valence-electron chi connectivity index (χ3n) is 4.89. The quantitative estimate of drug-likeness (QED) is 0.796. The number of benzene rings is 2. The summed E-state index contributed by atoms with van der Waals surface area (Å²) in [6, 6.07) is 14.0. The maximum Gasteiger partial charge on any atom is 0.306 e. The van der Waals surface area contributed by atoms with Gasteiger partial charge in [0.1, 0.15) is 0 Å². The molecule has 1 aliphatic heterocycles. The van der Waals surface area contributed by atoms with E-state index in [0.717, 1.165) is 24.2 Å². The first-order valence-corrected chi connectivity index (χ1v) is 9.19. The molecular formula is C20H21Cl2NO2. The summed E-state index contributed by atoms with van der Waals surface area (Å²) in [5.74, 6) is -0.952. The molecular weight excluding hydrogens is 357 g/mol. The molecule has 3 nitrogen and oxygen atoms in total. The summed E-state index contributed by atoms with van der Waals surface area (Å²) in [4.78, 5) is 13.6. The molecule has 1 unspecified atom stereocenters. The first-order chi connectivity index (χ1) is 12.0. The number of carboxylic acids is 1. The fourth-order valence-corrected chi connectivity index (χ4v) is 3.98. The van der Waals surface area contributed by atoms with Crippen molar-refractivity contribution in [3.05, 3.63) is 69.2 Å². The molecule has 0 amide bonds. The van der Waals surface area contributed by atoms with Crippen LogP contribution in [-0.4, -0.2) is 29.1 Å². The minimum Gasteiger partial charge on any atom is -0.481 e. The van der Waals surface area contributed by atoms with Gasteiger partial charge in [-0.3, -0.25) is 9.69 Å². The topological polar surface area (TPSA) is 40.5 Å². The number of likely N-dealkylation sites (tertiary alicyclic amines) is 1. The Hall–Kier alpha value is -1.55. The van der Waals surface area contributed by atoms with Crippen LogP contribution in [0.15, 0.2) is 42.5 Å². The Kier molecular flexibility index (Phi) is 5.67. The van der Waals surface area contributed by atoms with Gasteiger partial charge in [-0.2, -0.15) is 0 Å². The number of hydrogen-bond donors (Lipinski definition) is 1. The van der Waals surface area contributed by atoms with E-state index in [1.807, 2.05) is 12.1 Å². The highest BCUT2D eigenvalue weighted by molar-refractivity contribution is 6.35. The predicted octanol–water partition coefficient (Wildman–Crippen LogP) is 5.19. The molecule has 1 fully saturated rings. The number of carbonyl (C=O) groups is 1. The predicted molar refractivity (Wildman–Crippen MR) is 101 cm³/mol. The first kappa shape index (κ1) is 18.2. The van der Waals surface area contributed by atoms with Crippen molar-refractivity contribution < 1.29 is 9.90 Å². The van der Waals surface area contributed by atoms with Gasteiger partial charge < -0.3 is 5.11 Å². The van der Waals surface area contributed by atoms with Crippen LogP contribution in [0.2, 0.25) is 10.0 Å². The second-order valence-electron chi connectivity index (χ2n) is 6.63. The smallest absolute Gasteiger partial charge is 0.306 e. The zero-order valence-electron chi connectivity index (χ0n) is 14.1. The molecule has 0 spiro atoms. The fraction of sp³-hybridized carbons (Fsp3) is 0.350. The molecule has 0 radical (unpaired) electrons. The van der Waals surface area contributed by atoms with Crippen molar-refractivity contribution >= 4 is 29.2 Å². The van der Waals surface area contributed by atoms with Crippen molar-refractivity contribution in [2.45, 2.75) is 25.8 Å². The standard InChI is InChI=1S/C20H21Cl2NO2/c1-13-2-4-14(5-3-13)19(17-7-6-16(21)12-18(17)22)23-10-8-15(9-11-23)20(24)25/h2-7,12,15,19H,8-11H2,1H3,(H,24,25). The Morgan fingerprint density at radius 1 is 1.12 bits per heavy atom. The van der Waals surface area contributed by atoms with E-state index in [2.05, 4.69) is 36.1 Å². The van der Waals surface area contributed by atoms with Crippen LogP contribution >= 0.6 is 23.2 Å². The largest absolute Gasteiger partial charge is 0.481 e. The van der Waals surface area contributed by atoms with Gasteiger partial charge in [0.2, 0.25) is 0 Å². The average Bonchev–Trinajstić information content (AvgIpc) is 2.59. The minimum atomic E-state index is -0.698. The summed E-state index contributed by atoms with van der Waals surface area (Å²) in [5, 5.41) is 10.5. The molecule has 25 heavy (non-hydrogen) atoms. The summed E-state index contributed by atoms with van der Waals surface area (Å²) in [5.41, 5.74) is 3.36. The van der Waals surface area contributed by atoms with Crippen molar-refractivity contribution in [1.82, 2.24) is 4.90 Å². The Bertz CT molecular complexity index is 753. The highest BCUT2D eigenvalue weighted by Crippen LogP contribution is 2.37. The van der Waals surface area contributed by atoms with Gasteiger partial charge in [-0.05, 0) is 56.1 Å². The third-order valence-corrected chi connectivity index (χ3v) is 5.46. The Morgan fingerprint density at radius 3 is 2.32 bits per heavy atom. The number of nitrogens with zero attached hydrogens (tertiary/aromatic N) is 1. The van der Waals surface area contributed by atoms with E-state index in [4.69, 9.17) is 23.2 Å². The molecule has 1 N–H and O–H groups in total. The van der Waals surface area contributed by atoms with Crippen molar-refractivity contribution in [1.29, 1.82) is 0 Å². The van der Waals surface area contributed by atoms with Gasteiger partial charge in [-0.25, -0.2) is 0 Å². The van der Waals surface area contributed by atoms with Crippen molar-refractivity contribution in [3.63, 3.8) is 0 Å². The number of aryl methyl sites for hydroxylation is 1. The van der Waals surface area contributed by atoms with E-state index in [1.165, 1.54) is 5.56 Å². The molecule has 5 heteroatoms. The van der Waals surface area contributed by atoms with Gasteiger partial charge in [-0.1, -0.05) is 59.1 Å². The number of aliphatic carboxylic acids is 1. The van der Waals surface area contributed by atoms with Gasteiger partial charge in [0.05, 0.1) is 12.0 Å². The monoisotopic (exact) mass is 377 g/mol. The molecule has 1 saturated heterocycles. The van der Waals surface area contributed by atoms with Crippen LogP contribution < -0.4 is 0 Å².